The minimum Gasteiger partial charge on any atom is -0.497 e. The highest BCUT2D eigenvalue weighted by Gasteiger charge is 2.42. The molecule has 0 fully saturated rings. The van der Waals surface area contributed by atoms with Gasteiger partial charge in [-0.25, -0.2) is 4.90 Å². The molecule has 2 amide bonds. The van der Waals surface area contributed by atoms with E-state index in [1.807, 2.05) is 24.4 Å². The second kappa shape index (κ2) is 9.15. The molecule has 0 aliphatic carbocycles. The van der Waals surface area contributed by atoms with E-state index >= 15 is 0 Å². The Kier molecular flexibility index (Phi) is 6.13. The van der Waals surface area contributed by atoms with E-state index in [-0.39, 0.29) is 5.70 Å². The molecule has 0 saturated heterocycles. The number of hydrogen-bond acceptors (Lipinski definition) is 7. The zero-order valence-corrected chi connectivity index (χ0v) is 18.7. The summed E-state index contributed by atoms with van der Waals surface area (Å²) in [6.45, 7) is 2.47. The van der Waals surface area contributed by atoms with Crippen molar-refractivity contribution in [1.29, 1.82) is 0 Å². The van der Waals surface area contributed by atoms with Crippen LogP contribution >= 0.6 is 11.3 Å². The van der Waals surface area contributed by atoms with Gasteiger partial charge in [0.15, 0.2) is 0 Å². The molecule has 1 aromatic heterocycles. The largest absolute Gasteiger partial charge is 0.497 e. The van der Waals surface area contributed by atoms with Gasteiger partial charge in [-0.05, 0) is 54.8 Å². The maximum atomic E-state index is 13.5. The highest BCUT2D eigenvalue weighted by atomic mass is 32.1. The van der Waals surface area contributed by atoms with Crippen molar-refractivity contribution in [3.8, 4) is 17.2 Å². The van der Waals surface area contributed by atoms with Gasteiger partial charge in [0.1, 0.15) is 22.9 Å². The fourth-order valence-electron chi connectivity index (χ4n) is 3.43. The summed E-state index contributed by atoms with van der Waals surface area (Å²) in [6.07, 6.45) is 0. The van der Waals surface area contributed by atoms with E-state index in [0.29, 0.717) is 39.9 Å². The minimum absolute atomic E-state index is 0.200. The number of imide groups is 1. The summed E-state index contributed by atoms with van der Waals surface area (Å²) in [4.78, 5) is 28.9. The Morgan fingerprint density at radius 1 is 0.938 bits per heavy atom. The lowest BCUT2D eigenvalue weighted by Gasteiger charge is -2.19. The predicted molar refractivity (Wildman–Crippen MR) is 125 cm³/mol. The first-order valence-corrected chi connectivity index (χ1v) is 10.8. The maximum absolute atomic E-state index is 13.5. The molecule has 3 aromatic rings. The van der Waals surface area contributed by atoms with Crippen molar-refractivity contribution in [3.63, 3.8) is 0 Å². The molecule has 0 unspecified atom stereocenters. The standard InChI is InChI=1S/C24H22N2O5S/c1-4-31-16-9-7-15(8-10-16)25-22-21(20-6-5-13-32-20)23(27)26(24(22)28)18-14-17(29-2)11-12-19(18)30-3/h5-14,25H,4H2,1-3H3. The monoisotopic (exact) mass is 450 g/mol. The SMILES string of the molecule is CCOc1ccc(NC2=C(c3cccs3)C(=O)N(c3cc(OC)ccc3OC)C2=O)cc1. The number of ether oxygens (including phenoxy) is 3. The van der Waals surface area contributed by atoms with Gasteiger partial charge >= 0.3 is 0 Å². The van der Waals surface area contributed by atoms with Crippen molar-refractivity contribution in [2.75, 3.05) is 31.0 Å². The molecule has 32 heavy (non-hydrogen) atoms. The quantitative estimate of drug-likeness (QED) is 0.507. The Morgan fingerprint density at radius 2 is 1.69 bits per heavy atom. The van der Waals surface area contributed by atoms with Gasteiger partial charge in [0, 0.05) is 16.6 Å². The molecular weight excluding hydrogens is 428 g/mol. The summed E-state index contributed by atoms with van der Waals surface area (Å²) in [5.41, 5.74) is 1.49. The fourth-order valence-corrected chi connectivity index (χ4v) is 4.20. The number of carbonyl (C=O) groups is 2. The molecule has 1 aliphatic heterocycles. The summed E-state index contributed by atoms with van der Waals surface area (Å²) in [5, 5.41) is 5.01. The molecule has 1 aliphatic rings. The average molecular weight is 451 g/mol. The van der Waals surface area contributed by atoms with Crippen LogP contribution < -0.4 is 24.4 Å². The molecule has 0 atom stereocenters. The van der Waals surface area contributed by atoms with Crippen molar-refractivity contribution in [1.82, 2.24) is 0 Å². The number of carbonyl (C=O) groups excluding carboxylic acids is 2. The van der Waals surface area contributed by atoms with Crippen LogP contribution in [0.25, 0.3) is 5.57 Å². The lowest BCUT2D eigenvalue weighted by Crippen LogP contribution is -2.32. The Hall–Kier alpha value is -3.78. The molecule has 8 heteroatoms. The first-order chi connectivity index (χ1) is 15.6. The highest BCUT2D eigenvalue weighted by Crippen LogP contribution is 2.40. The van der Waals surface area contributed by atoms with E-state index in [4.69, 9.17) is 14.2 Å². The molecule has 0 radical (unpaired) electrons. The number of nitrogens with zero attached hydrogens (tertiary/aromatic N) is 1. The molecule has 0 bridgehead atoms. The Bertz CT molecular complexity index is 1170. The summed E-state index contributed by atoms with van der Waals surface area (Å²) >= 11 is 1.39. The van der Waals surface area contributed by atoms with Gasteiger partial charge in [0.2, 0.25) is 0 Å². The molecule has 0 spiro atoms. The number of rotatable bonds is 8. The minimum atomic E-state index is -0.473. The van der Waals surface area contributed by atoms with Crippen LogP contribution in [0.5, 0.6) is 17.2 Å². The van der Waals surface area contributed by atoms with Gasteiger partial charge in [-0.3, -0.25) is 9.59 Å². The summed E-state index contributed by atoms with van der Waals surface area (Å²) in [5.74, 6) is 0.714. The number of thiophene rings is 1. The van der Waals surface area contributed by atoms with Crippen LogP contribution in [0.3, 0.4) is 0 Å². The topological polar surface area (TPSA) is 77.1 Å². The molecule has 2 heterocycles. The van der Waals surface area contributed by atoms with Gasteiger partial charge in [0.25, 0.3) is 11.8 Å². The lowest BCUT2D eigenvalue weighted by atomic mass is 10.2. The molecule has 0 saturated carbocycles. The molecule has 4 rings (SSSR count). The molecular formula is C24H22N2O5S. The van der Waals surface area contributed by atoms with Crippen molar-refractivity contribution < 1.29 is 23.8 Å². The van der Waals surface area contributed by atoms with E-state index in [9.17, 15) is 9.59 Å². The summed E-state index contributed by atoms with van der Waals surface area (Å²) < 4.78 is 16.2. The van der Waals surface area contributed by atoms with Crippen LogP contribution in [-0.4, -0.2) is 32.6 Å². The van der Waals surface area contributed by atoms with Crippen LogP contribution in [-0.2, 0) is 9.59 Å². The lowest BCUT2D eigenvalue weighted by molar-refractivity contribution is -0.120. The van der Waals surface area contributed by atoms with Crippen molar-refractivity contribution in [2.24, 2.45) is 0 Å². The number of methoxy groups -OCH3 is 2. The van der Waals surface area contributed by atoms with Crippen LogP contribution in [0.2, 0.25) is 0 Å². The molecule has 2 aromatic carbocycles. The Morgan fingerprint density at radius 3 is 2.31 bits per heavy atom. The zero-order chi connectivity index (χ0) is 22.7. The predicted octanol–water partition coefficient (Wildman–Crippen LogP) is 4.56. The van der Waals surface area contributed by atoms with Crippen molar-refractivity contribution in [2.45, 2.75) is 6.92 Å². The number of anilines is 2. The van der Waals surface area contributed by atoms with Gasteiger partial charge in [-0.1, -0.05) is 6.07 Å². The molecule has 164 valence electrons. The Labute approximate surface area is 189 Å². The van der Waals surface area contributed by atoms with E-state index in [1.165, 1.54) is 25.6 Å². The summed E-state index contributed by atoms with van der Waals surface area (Å²) in [7, 11) is 3.01. The number of nitrogens with one attached hydrogen (secondary N) is 1. The zero-order valence-electron chi connectivity index (χ0n) is 17.9. The first-order valence-electron chi connectivity index (χ1n) is 9.96. The number of amides is 2. The first kappa shape index (κ1) is 21.5. The average Bonchev–Trinajstić information content (AvgIpc) is 3.41. The van der Waals surface area contributed by atoms with Crippen molar-refractivity contribution >= 4 is 40.1 Å². The smallest absolute Gasteiger partial charge is 0.282 e. The molecule has 7 nitrogen and oxygen atoms in total. The van der Waals surface area contributed by atoms with Gasteiger partial charge < -0.3 is 19.5 Å². The van der Waals surface area contributed by atoms with E-state index in [1.54, 1.807) is 42.5 Å². The van der Waals surface area contributed by atoms with Crippen LogP contribution in [0.1, 0.15) is 11.8 Å². The Balaban J connectivity index is 1.76. The van der Waals surface area contributed by atoms with Gasteiger partial charge in [0.05, 0.1) is 32.1 Å². The normalized spacial score (nSPS) is 13.5. The van der Waals surface area contributed by atoms with Gasteiger partial charge in [-0.2, -0.15) is 0 Å². The van der Waals surface area contributed by atoms with E-state index in [0.717, 1.165) is 10.6 Å². The second-order valence-electron chi connectivity index (χ2n) is 6.79. The highest BCUT2D eigenvalue weighted by molar-refractivity contribution is 7.11. The van der Waals surface area contributed by atoms with Crippen molar-refractivity contribution in [3.05, 3.63) is 70.6 Å². The third-order valence-electron chi connectivity index (χ3n) is 4.91. The van der Waals surface area contributed by atoms with Gasteiger partial charge in [-0.15, -0.1) is 11.3 Å². The third-order valence-corrected chi connectivity index (χ3v) is 5.80. The van der Waals surface area contributed by atoms with Crippen LogP contribution in [0.15, 0.2) is 65.7 Å². The van der Waals surface area contributed by atoms with Crippen LogP contribution in [0.4, 0.5) is 11.4 Å². The number of hydrogen-bond donors (Lipinski definition) is 1. The van der Waals surface area contributed by atoms with Crippen LogP contribution in [0, 0.1) is 0 Å². The molecule has 1 N–H and O–H groups in total. The van der Waals surface area contributed by atoms with E-state index in [2.05, 4.69) is 5.32 Å². The second-order valence-corrected chi connectivity index (χ2v) is 7.74. The summed E-state index contributed by atoms with van der Waals surface area (Å²) in [6, 6.07) is 15.9. The maximum Gasteiger partial charge on any atom is 0.282 e. The fraction of sp³-hybridized carbons (Fsp3) is 0.167. The number of benzene rings is 2. The third kappa shape index (κ3) is 3.92. The van der Waals surface area contributed by atoms with E-state index < -0.39 is 11.8 Å².